The van der Waals surface area contributed by atoms with E-state index in [-0.39, 0.29) is 5.24 Å². The third-order valence-corrected chi connectivity index (χ3v) is 2.91. The number of nitrogens with one attached hydrogen (secondary N) is 2. The van der Waals surface area contributed by atoms with Crippen LogP contribution in [-0.2, 0) is 0 Å². The first-order valence-electron chi connectivity index (χ1n) is 5.59. The summed E-state index contributed by atoms with van der Waals surface area (Å²) in [5, 5.41) is 4.95. The molecule has 18 heavy (non-hydrogen) atoms. The van der Waals surface area contributed by atoms with Gasteiger partial charge in [-0.15, -0.1) is 0 Å². The fourth-order valence-electron chi connectivity index (χ4n) is 1.14. The lowest BCUT2D eigenvalue weighted by Crippen LogP contribution is -2.22. The van der Waals surface area contributed by atoms with Crippen molar-refractivity contribution >= 4 is 28.8 Å². The van der Waals surface area contributed by atoms with Gasteiger partial charge in [0.1, 0.15) is 5.75 Å². The molecule has 2 amide bonds. The van der Waals surface area contributed by atoms with Gasteiger partial charge in [0.05, 0.1) is 0 Å². The minimum Gasteiger partial charge on any atom is -0.410 e. The van der Waals surface area contributed by atoms with Crippen LogP contribution in [0.1, 0.15) is 13.3 Å². The number of hydrogen-bond acceptors (Lipinski definition) is 4. The van der Waals surface area contributed by atoms with Crippen LogP contribution >= 0.6 is 11.8 Å². The molecule has 1 aromatic carbocycles. The molecule has 0 aromatic heterocycles. The van der Waals surface area contributed by atoms with E-state index in [0.717, 1.165) is 12.2 Å². The van der Waals surface area contributed by atoms with Crippen molar-refractivity contribution in [3.8, 4) is 5.75 Å². The molecule has 1 aromatic rings. The molecule has 2 N–H and O–H groups in total. The van der Waals surface area contributed by atoms with E-state index in [9.17, 15) is 9.59 Å². The third-order valence-electron chi connectivity index (χ3n) is 1.93. The van der Waals surface area contributed by atoms with Crippen LogP contribution in [0.3, 0.4) is 0 Å². The fraction of sp³-hybridized carbons (Fsp3) is 0.333. The Morgan fingerprint density at radius 3 is 2.83 bits per heavy atom. The molecule has 0 bridgehead atoms. The number of ether oxygens (including phenoxy) is 1. The van der Waals surface area contributed by atoms with Crippen LogP contribution in [0.4, 0.5) is 15.3 Å². The van der Waals surface area contributed by atoms with Gasteiger partial charge in [0.25, 0.3) is 5.24 Å². The molecular weight excluding hydrogens is 252 g/mol. The van der Waals surface area contributed by atoms with E-state index in [1.807, 2.05) is 6.92 Å². The molecule has 0 aliphatic heterocycles. The molecule has 0 aliphatic rings. The first-order chi connectivity index (χ1) is 8.65. The number of amides is 2. The van der Waals surface area contributed by atoms with Gasteiger partial charge in [-0.3, -0.25) is 4.79 Å². The van der Waals surface area contributed by atoms with Crippen molar-refractivity contribution in [1.82, 2.24) is 5.32 Å². The van der Waals surface area contributed by atoms with Crippen molar-refractivity contribution < 1.29 is 14.3 Å². The lowest BCUT2D eigenvalue weighted by molar-refractivity contribution is 0.203. The Morgan fingerprint density at radius 1 is 1.39 bits per heavy atom. The number of carbonyl (C=O) groups is 2. The summed E-state index contributed by atoms with van der Waals surface area (Å²) in [7, 11) is 1.48. The van der Waals surface area contributed by atoms with Crippen LogP contribution in [0.15, 0.2) is 24.3 Å². The lowest BCUT2D eigenvalue weighted by Gasteiger charge is -2.07. The molecule has 0 saturated heterocycles. The lowest BCUT2D eigenvalue weighted by atomic mass is 10.3. The van der Waals surface area contributed by atoms with E-state index in [4.69, 9.17) is 4.74 Å². The Morgan fingerprint density at radius 2 is 2.17 bits per heavy atom. The van der Waals surface area contributed by atoms with Gasteiger partial charge in [0.15, 0.2) is 0 Å². The molecule has 0 spiro atoms. The number of hydrogen-bond donors (Lipinski definition) is 2. The smallest absolute Gasteiger partial charge is 0.410 e. The summed E-state index contributed by atoms with van der Waals surface area (Å²) in [6.07, 6.45) is 0.400. The van der Waals surface area contributed by atoms with Crippen LogP contribution in [-0.4, -0.2) is 24.1 Å². The predicted molar refractivity (Wildman–Crippen MR) is 73.3 cm³/mol. The zero-order valence-electron chi connectivity index (χ0n) is 10.4. The number of anilines is 1. The summed E-state index contributed by atoms with van der Waals surface area (Å²) < 4.78 is 4.96. The maximum absolute atomic E-state index is 11.5. The Hall–Kier alpha value is -1.69. The predicted octanol–water partition coefficient (Wildman–Crippen LogP) is 3.08. The molecule has 0 fully saturated rings. The van der Waals surface area contributed by atoms with Gasteiger partial charge in [-0.25, -0.2) is 4.79 Å². The molecule has 5 nitrogen and oxygen atoms in total. The van der Waals surface area contributed by atoms with Crippen LogP contribution in [0, 0.1) is 0 Å². The van der Waals surface area contributed by atoms with Crippen molar-refractivity contribution in [2.45, 2.75) is 13.3 Å². The van der Waals surface area contributed by atoms with Crippen molar-refractivity contribution in [1.29, 1.82) is 0 Å². The molecule has 0 unspecified atom stereocenters. The van der Waals surface area contributed by atoms with Gasteiger partial charge in [0.2, 0.25) is 0 Å². The van der Waals surface area contributed by atoms with Crippen LogP contribution in [0.2, 0.25) is 0 Å². The molecule has 0 saturated carbocycles. The molecule has 0 heterocycles. The van der Waals surface area contributed by atoms with E-state index >= 15 is 0 Å². The second-order valence-corrected chi connectivity index (χ2v) is 4.50. The molecular formula is C12H16N2O3S. The van der Waals surface area contributed by atoms with E-state index in [1.165, 1.54) is 18.8 Å². The monoisotopic (exact) mass is 268 g/mol. The Balaban J connectivity index is 2.59. The van der Waals surface area contributed by atoms with Crippen LogP contribution < -0.4 is 15.4 Å². The number of benzene rings is 1. The van der Waals surface area contributed by atoms with Gasteiger partial charge >= 0.3 is 6.09 Å². The highest BCUT2D eigenvalue weighted by molar-refractivity contribution is 8.13. The molecule has 0 radical (unpaired) electrons. The van der Waals surface area contributed by atoms with Gasteiger partial charge in [0, 0.05) is 24.6 Å². The maximum atomic E-state index is 11.5. The number of thioether (sulfide) groups is 1. The molecule has 98 valence electrons. The standard InChI is InChI=1S/C12H16N2O3S/c1-3-7-18-12(16)14-9-5-4-6-10(8-9)17-11(15)13-2/h4-6,8H,3,7H2,1-2H3,(H,13,15)(H,14,16). The number of carbonyl (C=O) groups excluding carboxylic acids is 2. The minimum absolute atomic E-state index is 0.117. The largest absolute Gasteiger partial charge is 0.412 e. The summed E-state index contributed by atoms with van der Waals surface area (Å²) in [5.41, 5.74) is 0.602. The quantitative estimate of drug-likeness (QED) is 0.880. The summed E-state index contributed by atoms with van der Waals surface area (Å²) in [4.78, 5) is 22.5. The highest BCUT2D eigenvalue weighted by Gasteiger charge is 2.05. The highest BCUT2D eigenvalue weighted by Crippen LogP contribution is 2.19. The first-order valence-corrected chi connectivity index (χ1v) is 6.57. The van der Waals surface area contributed by atoms with Gasteiger partial charge in [-0.05, 0) is 18.6 Å². The first kappa shape index (κ1) is 14.4. The SMILES string of the molecule is CCCSC(=O)Nc1cccc(OC(=O)NC)c1. The maximum Gasteiger partial charge on any atom is 0.412 e. The third kappa shape index (κ3) is 5.09. The average molecular weight is 268 g/mol. The Labute approximate surface area is 110 Å². The fourth-order valence-corrected chi connectivity index (χ4v) is 1.72. The Bertz CT molecular complexity index is 424. The summed E-state index contributed by atoms with van der Waals surface area (Å²) in [6, 6.07) is 6.68. The van der Waals surface area contributed by atoms with Crippen molar-refractivity contribution in [2.75, 3.05) is 18.1 Å². The van der Waals surface area contributed by atoms with E-state index in [2.05, 4.69) is 10.6 Å². The normalized spacial score (nSPS) is 9.67. The van der Waals surface area contributed by atoms with Crippen LogP contribution in [0.25, 0.3) is 0 Å². The zero-order chi connectivity index (χ0) is 13.4. The highest BCUT2D eigenvalue weighted by atomic mass is 32.2. The molecule has 1 rings (SSSR count). The van der Waals surface area contributed by atoms with Gasteiger partial charge < -0.3 is 15.4 Å². The number of rotatable bonds is 4. The van der Waals surface area contributed by atoms with E-state index < -0.39 is 6.09 Å². The summed E-state index contributed by atoms with van der Waals surface area (Å²) in [5.74, 6) is 1.16. The molecule has 0 atom stereocenters. The van der Waals surface area contributed by atoms with Crippen molar-refractivity contribution in [3.63, 3.8) is 0 Å². The summed E-state index contributed by atoms with van der Waals surface area (Å²) >= 11 is 1.23. The average Bonchev–Trinajstić information content (AvgIpc) is 2.36. The van der Waals surface area contributed by atoms with Crippen molar-refractivity contribution in [2.24, 2.45) is 0 Å². The van der Waals surface area contributed by atoms with Gasteiger partial charge in [-0.1, -0.05) is 24.8 Å². The van der Waals surface area contributed by atoms with Crippen LogP contribution in [0.5, 0.6) is 5.75 Å². The Kier molecular flexibility index (Phi) is 6.07. The van der Waals surface area contributed by atoms with Crippen molar-refractivity contribution in [3.05, 3.63) is 24.3 Å². The van der Waals surface area contributed by atoms with E-state index in [0.29, 0.717) is 11.4 Å². The molecule has 6 heteroatoms. The second-order valence-electron chi connectivity index (χ2n) is 3.43. The molecule has 0 aliphatic carbocycles. The minimum atomic E-state index is -0.543. The zero-order valence-corrected chi connectivity index (χ0v) is 11.2. The topological polar surface area (TPSA) is 67.4 Å². The summed E-state index contributed by atoms with van der Waals surface area (Å²) in [6.45, 7) is 2.01. The van der Waals surface area contributed by atoms with Gasteiger partial charge in [-0.2, -0.15) is 0 Å². The van der Waals surface area contributed by atoms with E-state index in [1.54, 1.807) is 24.3 Å². The second kappa shape index (κ2) is 7.60.